The van der Waals surface area contributed by atoms with Crippen molar-refractivity contribution < 1.29 is 48.9 Å². The van der Waals surface area contributed by atoms with Crippen LogP contribution < -0.4 is 49.1 Å². The second kappa shape index (κ2) is 22.2. The smallest absolute Gasteiger partial charge is 0.322 e. The first-order valence-electron chi connectivity index (χ1n) is 15.7. The average molecular weight is 709 g/mol. The molecule has 15 N–H and O–H groups in total. The zero-order valence-corrected chi connectivity index (χ0v) is 27.9. The number of hydrogen-bond acceptors (Lipinski definition) is 11. The molecule has 20 nitrogen and oxygen atoms in total. The van der Waals surface area contributed by atoms with E-state index in [0.717, 1.165) is 0 Å². The number of phenolic OH excluding ortho intramolecular Hbond substituents is 1. The number of aromatic hydroxyl groups is 1. The number of guanidine groups is 1. The van der Waals surface area contributed by atoms with Crippen LogP contribution in [-0.2, 0) is 40.0 Å². The van der Waals surface area contributed by atoms with E-state index in [2.05, 4.69) is 36.9 Å². The first kappa shape index (κ1) is 42.5. The summed E-state index contributed by atoms with van der Waals surface area (Å²) in [5.74, 6) is -6.75. The number of aliphatic carboxylic acids is 1. The van der Waals surface area contributed by atoms with Gasteiger partial charge in [0, 0.05) is 13.0 Å². The normalized spacial score (nSPS) is 13.6. The van der Waals surface area contributed by atoms with Crippen LogP contribution in [0.4, 0.5) is 0 Å². The van der Waals surface area contributed by atoms with Crippen LogP contribution in [0, 0.1) is 5.92 Å². The summed E-state index contributed by atoms with van der Waals surface area (Å²) in [6.45, 7) is 0.866. The van der Waals surface area contributed by atoms with Crippen molar-refractivity contribution in [3.63, 3.8) is 0 Å². The van der Waals surface area contributed by atoms with Crippen LogP contribution >= 0.6 is 0 Å². The van der Waals surface area contributed by atoms with Gasteiger partial charge in [-0.3, -0.25) is 38.6 Å². The second-order valence-corrected chi connectivity index (χ2v) is 11.2. The number of phenols is 1. The average Bonchev–Trinajstić information content (AvgIpc) is 3.08. The molecule has 0 saturated heterocycles. The van der Waals surface area contributed by atoms with Crippen molar-refractivity contribution in [1.82, 2.24) is 31.9 Å². The molecule has 0 radical (unpaired) electrons. The highest BCUT2D eigenvalue weighted by molar-refractivity contribution is 5.95. The standard InChI is InChI=1S/C30H48N10O10/c1-3-16(2)25(40-27(48)20(37-22(43)12-31)11-17-6-8-18(42)9-7-17)29(50)35-13-23(44)38-21(15-41)28(49)39-19(5-4-10-34-30(32)33)26(47)36-14-24(45)46/h6-9,16,19-21,25,41-42H,3-5,10-15,31H2,1-2H3,(H,35,50)(H,36,47)(H,37,43)(H,38,44)(H,39,49)(H,40,48)(H,45,46)(H4,32,33,34)/t16-,19-,20-,21-,25-/m0/s1. The van der Waals surface area contributed by atoms with Crippen LogP contribution in [0.5, 0.6) is 5.75 Å². The number of benzene rings is 1. The predicted octanol–water partition coefficient (Wildman–Crippen LogP) is -4.76. The molecular formula is C30H48N10O10. The van der Waals surface area contributed by atoms with Crippen LogP contribution in [0.1, 0.15) is 38.7 Å². The fraction of sp³-hybridized carbons (Fsp3) is 0.533. The summed E-state index contributed by atoms with van der Waals surface area (Å²) in [7, 11) is 0. The molecule has 5 atom stereocenters. The summed E-state index contributed by atoms with van der Waals surface area (Å²) in [5, 5.41) is 42.4. The second-order valence-electron chi connectivity index (χ2n) is 11.2. The molecule has 1 rings (SSSR count). The van der Waals surface area contributed by atoms with Crippen LogP contribution in [0.2, 0.25) is 0 Å². The Kier molecular flexibility index (Phi) is 18.9. The Labute approximate surface area is 288 Å². The van der Waals surface area contributed by atoms with E-state index in [1.165, 1.54) is 12.1 Å². The lowest BCUT2D eigenvalue weighted by Crippen LogP contribution is -2.58. The minimum absolute atomic E-state index is 0.00444. The monoisotopic (exact) mass is 708 g/mol. The number of nitrogens with two attached hydrogens (primary N) is 3. The van der Waals surface area contributed by atoms with Gasteiger partial charge in [0.1, 0.15) is 36.5 Å². The van der Waals surface area contributed by atoms with Gasteiger partial charge in [0.05, 0.1) is 19.7 Å². The Morgan fingerprint density at radius 1 is 0.800 bits per heavy atom. The van der Waals surface area contributed by atoms with Crippen molar-refractivity contribution in [3.8, 4) is 5.75 Å². The minimum Gasteiger partial charge on any atom is -0.508 e. The first-order valence-corrected chi connectivity index (χ1v) is 15.7. The highest BCUT2D eigenvalue weighted by Gasteiger charge is 2.31. The SMILES string of the molecule is CC[C@H](C)[C@H](NC(=O)[C@H](Cc1ccc(O)cc1)NC(=O)CN)C(=O)NCC(=O)N[C@@H](CO)C(=O)N[C@@H](CCCN=C(N)N)C(=O)NCC(=O)O. The summed E-state index contributed by atoms with van der Waals surface area (Å²) in [6, 6.07) is 0.820. The largest absolute Gasteiger partial charge is 0.508 e. The summed E-state index contributed by atoms with van der Waals surface area (Å²) in [5.41, 5.74) is 16.6. The molecule has 0 bridgehead atoms. The van der Waals surface area contributed by atoms with E-state index < -0.39 is 97.7 Å². The Hall–Kier alpha value is -5.50. The Balaban J connectivity index is 2.93. The number of aliphatic imine (C=N–C) groups is 1. The van der Waals surface area contributed by atoms with E-state index in [1.54, 1.807) is 26.0 Å². The zero-order valence-electron chi connectivity index (χ0n) is 27.9. The quantitative estimate of drug-likeness (QED) is 0.0306. The number of carbonyl (C=O) groups excluding carboxylic acids is 6. The molecule has 20 heteroatoms. The van der Waals surface area contributed by atoms with Gasteiger partial charge < -0.3 is 64.4 Å². The molecule has 50 heavy (non-hydrogen) atoms. The zero-order chi connectivity index (χ0) is 37.8. The lowest BCUT2D eigenvalue weighted by atomic mass is 9.97. The molecule has 0 spiro atoms. The van der Waals surface area contributed by atoms with Crippen LogP contribution in [0.3, 0.4) is 0 Å². The highest BCUT2D eigenvalue weighted by atomic mass is 16.4. The number of carboxylic acid groups (broad SMARTS) is 1. The molecule has 0 heterocycles. The molecule has 0 aliphatic carbocycles. The summed E-state index contributed by atoms with van der Waals surface area (Å²) in [6.07, 6.45) is 0.626. The van der Waals surface area contributed by atoms with E-state index in [9.17, 15) is 43.8 Å². The molecule has 0 aliphatic heterocycles. The van der Waals surface area contributed by atoms with Crippen molar-refractivity contribution >= 4 is 47.4 Å². The van der Waals surface area contributed by atoms with E-state index >= 15 is 0 Å². The van der Waals surface area contributed by atoms with Crippen molar-refractivity contribution in [2.75, 3.05) is 32.8 Å². The van der Waals surface area contributed by atoms with Gasteiger partial charge in [-0.25, -0.2) is 0 Å². The summed E-state index contributed by atoms with van der Waals surface area (Å²) < 4.78 is 0. The number of rotatable bonds is 22. The number of amides is 6. The molecular weight excluding hydrogens is 660 g/mol. The van der Waals surface area contributed by atoms with Crippen molar-refractivity contribution in [2.45, 2.75) is 63.7 Å². The van der Waals surface area contributed by atoms with Crippen LogP contribution in [0.15, 0.2) is 29.3 Å². The number of nitrogens with one attached hydrogen (secondary N) is 6. The maximum absolute atomic E-state index is 13.3. The molecule has 0 aliphatic rings. The fourth-order valence-corrected chi connectivity index (χ4v) is 4.33. The number of aliphatic hydroxyl groups excluding tert-OH is 1. The topological polar surface area (TPSA) is 343 Å². The van der Waals surface area contributed by atoms with Crippen molar-refractivity contribution in [3.05, 3.63) is 29.8 Å². The lowest BCUT2D eigenvalue weighted by Gasteiger charge is -2.26. The molecule has 0 saturated carbocycles. The minimum atomic E-state index is -1.57. The third-order valence-corrected chi connectivity index (χ3v) is 7.26. The van der Waals surface area contributed by atoms with Gasteiger partial charge in [-0.1, -0.05) is 32.4 Å². The molecule has 0 fully saturated rings. The molecule has 0 unspecified atom stereocenters. The molecule has 1 aromatic carbocycles. The third-order valence-electron chi connectivity index (χ3n) is 7.26. The maximum Gasteiger partial charge on any atom is 0.322 e. The maximum atomic E-state index is 13.3. The van der Waals surface area contributed by atoms with E-state index in [4.69, 9.17) is 22.3 Å². The van der Waals surface area contributed by atoms with Gasteiger partial charge in [0.25, 0.3) is 0 Å². The van der Waals surface area contributed by atoms with Crippen LogP contribution in [0.25, 0.3) is 0 Å². The molecule has 6 amide bonds. The Morgan fingerprint density at radius 2 is 1.40 bits per heavy atom. The van der Waals surface area contributed by atoms with Crippen molar-refractivity contribution in [2.24, 2.45) is 28.1 Å². The van der Waals surface area contributed by atoms with Gasteiger partial charge in [-0.05, 0) is 36.5 Å². The summed E-state index contributed by atoms with van der Waals surface area (Å²) in [4.78, 5) is 91.3. The number of aliphatic hydroxyl groups is 1. The Morgan fingerprint density at radius 3 is 1.96 bits per heavy atom. The number of hydrogen-bond donors (Lipinski definition) is 12. The summed E-state index contributed by atoms with van der Waals surface area (Å²) >= 11 is 0. The van der Waals surface area contributed by atoms with Gasteiger partial charge >= 0.3 is 5.97 Å². The van der Waals surface area contributed by atoms with E-state index in [1.807, 2.05) is 0 Å². The van der Waals surface area contributed by atoms with Gasteiger partial charge in [0.2, 0.25) is 35.4 Å². The predicted molar refractivity (Wildman–Crippen MR) is 179 cm³/mol. The molecule has 278 valence electrons. The number of carboxylic acids is 1. The van der Waals surface area contributed by atoms with Gasteiger partial charge in [-0.15, -0.1) is 0 Å². The third kappa shape index (κ3) is 16.1. The fourth-order valence-electron chi connectivity index (χ4n) is 4.33. The van der Waals surface area contributed by atoms with Gasteiger partial charge in [-0.2, -0.15) is 0 Å². The lowest BCUT2D eigenvalue weighted by molar-refractivity contribution is -0.138. The van der Waals surface area contributed by atoms with Gasteiger partial charge in [0.15, 0.2) is 5.96 Å². The van der Waals surface area contributed by atoms with E-state index in [0.29, 0.717) is 12.0 Å². The van der Waals surface area contributed by atoms with E-state index in [-0.39, 0.29) is 37.5 Å². The highest BCUT2D eigenvalue weighted by Crippen LogP contribution is 2.13. The van der Waals surface area contributed by atoms with Crippen molar-refractivity contribution in [1.29, 1.82) is 0 Å². The Bertz CT molecular complexity index is 1350. The first-order chi connectivity index (χ1) is 23.6. The number of carbonyl (C=O) groups is 7. The molecule has 1 aromatic rings. The van der Waals surface area contributed by atoms with Crippen LogP contribution in [-0.4, -0.2) is 120 Å². The molecule has 0 aromatic heterocycles. The number of nitrogens with zero attached hydrogens (tertiary/aromatic N) is 1.